The van der Waals surface area contributed by atoms with Crippen LogP contribution in [0.25, 0.3) is 0 Å². The lowest BCUT2D eigenvalue weighted by Crippen LogP contribution is -2.11. The third kappa shape index (κ3) is 3.04. The number of ketones is 1. The highest BCUT2D eigenvalue weighted by Gasteiger charge is 2.24. The molecule has 0 aliphatic carbocycles. The number of carbonyl (C=O) groups excluding carboxylic acids is 1. The molecule has 0 N–H and O–H groups in total. The monoisotopic (exact) mass is 322 g/mol. The Kier molecular flexibility index (Phi) is 5.08. The van der Waals surface area contributed by atoms with Gasteiger partial charge in [-0.05, 0) is 0 Å². The number of benzene rings is 1. The van der Waals surface area contributed by atoms with Gasteiger partial charge in [0.15, 0.2) is 10.1 Å². The first-order chi connectivity index (χ1) is 8.04. The van der Waals surface area contributed by atoms with Gasteiger partial charge in [-0.3, -0.25) is 4.79 Å². The smallest absolute Gasteiger partial charge is 0.198 e. The first-order valence-electron chi connectivity index (χ1n) is 4.67. The Morgan fingerprint density at radius 1 is 1.18 bits per heavy atom. The van der Waals surface area contributed by atoms with E-state index < -0.39 is 4.29 Å². The Morgan fingerprint density at radius 2 is 1.65 bits per heavy atom. The van der Waals surface area contributed by atoms with Crippen LogP contribution in [-0.4, -0.2) is 31.4 Å². The van der Waals surface area contributed by atoms with Crippen LogP contribution in [0, 0.1) is 0 Å². The van der Waals surface area contributed by atoms with E-state index in [1.54, 1.807) is 12.1 Å². The van der Waals surface area contributed by atoms with E-state index in [2.05, 4.69) is 15.9 Å². The van der Waals surface area contributed by atoms with Crippen LogP contribution in [0.3, 0.4) is 0 Å². The standard InChI is InChI=1S/C11H12BrClO4/c1-15-6-4-7(16-2)9(8(5-6)17-3)10(14)11(12)13/h4-5,11H,1-3H3. The van der Waals surface area contributed by atoms with E-state index in [1.165, 1.54) is 21.3 Å². The second-order valence-corrected chi connectivity index (χ2v) is 4.95. The first-order valence-corrected chi connectivity index (χ1v) is 6.02. The molecule has 1 atom stereocenters. The highest BCUT2D eigenvalue weighted by atomic mass is 79.9. The van der Waals surface area contributed by atoms with Crippen molar-refractivity contribution in [2.45, 2.75) is 4.29 Å². The van der Waals surface area contributed by atoms with Crippen molar-refractivity contribution in [2.24, 2.45) is 0 Å². The van der Waals surface area contributed by atoms with Crippen molar-refractivity contribution >= 4 is 33.3 Å². The minimum atomic E-state index is -0.835. The molecule has 0 heterocycles. The molecule has 0 bridgehead atoms. The summed E-state index contributed by atoms with van der Waals surface area (Å²) in [7, 11) is 4.44. The van der Waals surface area contributed by atoms with Crippen LogP contribution < -0.4 is 14.2 Å². The third-order valence-corrected chi connectivity index (χ3v) is 2.77. The van der Waals surface area contributed by atoms with Crippen molar-refractivity contribution in [2.75, 3.05) is 21.3 Å². The molecule has 1 unspecified atom stereocenters. The molecule has 4 nitrogen and oxygen atoms in total. The number of rotatable bonds is 5. The number of methoxy groups -OCH3 is 3. The Bertz CT molecular complexity index is 395. The second-order valence-electron chi connectivity index (χ2n) is 3.07. The van der Waals surface area contributed by atoms with Crippen molar-refractivity contribution in [3.63, 3.8) is 0 Å². The van der Waals surface area contributed by atoms with Crippen LogP contribution in [0.15, 0.2) is 12.1 Å². The summed E-state index contributed by atoms with van der Waals surface area (Å²) >= 11 is 8.73. The minimum Gasteiger partial charge on any atom is -0.496 e. The van der Waals surface area contributed by atoms with Crippen LogP contribution in [0.2, 0.25) is 0 Å². The molecule has 0 aliphatic heterocycles. The van der Waals surface area contributed by atoms with Gasteiger partial charge in [-0.25, -0.2) is 0 Å². The zero-order valence-electron chi connectivity index (χ0n) is 9.62. The molecule has 0 aromatic heterocycles. The molecule has 0 spiro atoms. The molecule has 6 heteroatoms. The lowest BCUT2D eigenvalue weighted by atomic mass is 10.1. The van der Waals surface area contributed by atoms with Gasteiger partial charge in [-0.2, -0.15) is 0 Å². The fraction of sp³-hybridized carbons (Fsp3) is 0.364. The second kappa shape index (κ2) is 6.12. The third-order valence-electron chi connectivity index (χ3n) is 2.16. The summed E-state index contributed by atoms with van der Waals surface area (Å²) in [4.78, 5) is 11.9. The fourth-order valence-electron chi connectivity index (χ4n) is 1.36. The molecule has 1 aromatic rings. The maximum absolute atomic E-state index is 11.9. The SMILES string of the molecule is COc1cc(OC)c(C(=O)C(Cl)Br)c(OC)c1. The van der Waals surface area contributed by atoms with Crippen LogP contribution in [-0.2, 0) is 0 Å². The van der Waals surface area contributed by atoms with E-state index in [0.717, 1.165) is 0 Å². The summed E-state index contributed by atoms with van der Waals surface area (Å²) in [5, 5.41) is 0. The molecular weight excluding hydrogens is 311 g/mol. The summed E-state index contributed by atoms with van der Waals surface area (Å²) in [5.74, 6) is 0.923. The van der Waals surface area contributed by atoms with Gasteiger partial charge in [0.2, 0.25) is 0 Å². The largest absolute Gasteiger partial charge is 0.496 e. The van der Waals surface area contributed by atoms with Crippen molar-refractivity contribution in [1.82, 2.24) is 0 Å². The van der Waals surface area contributed by atoms with E-state index in [4.69, 9.17) is 25.8 Å². The van der Waals surface area contributed by atoms with E-state index in [9.17, 15) is 4.79 Å². The van der Waals surface area contributed by atoms with E-state index in [1.807, 2.05) is 0 Å². The van der Waals surface area contributed by atoms with E-state index in [0.29, 0.717) is 17.2 Å². The predicted molar refractivity (Wildman–Crippen MR) is 69.0 cm³/mol. The molecule has 0 saturated heterocycles. The molecule has 94 valence electrons. The fourth-order valence-corrected chi connectivity index (χ4v) is 1.70. The van der Waals surface area contributed by atoms with Crippen molar-refractivity contribution < 1.29 is 19.0 Å². The van der Waals surface area contributed by atoms with Gasteiger partial charge in [-0.1, -0.05) is 15.9 Å². The predicted octanol–water partition coefficient (Wildman–Crippen LogP) is 2.85. The van der Waals surface area contributed by atoms with E-state index >= 15 is 0 Å². The van der Waals surface area contributed by atoms with Gasteiger partial charge >= 0.3 is 0 Å². The van der Waals surface area contributed by atoms with Gasteiger partial charge in [-0.15, -0.1) is 11.6 Å². The highest BCUT2D eigenvalue weighted by Crippen LogP contribution is 2.36. The molecule has 0 aliphatic rings. The molecule has 1 rings (SSSR count). The van der Waals surface area contributed by atoms with Crippen molar-refractivity contribution in [3.8, 4) is 17.2 Å². The van der Waals surface area contributed by atoms with Crippen molar-refractivity contribution in [1.29, 1.82) is 0 Å². The highest BCUT2D eigenvalue weighted by molar-refractivity contribution is 9.10. The molecule has 0 saturated carbocycles. The van der Waals surface area contributed by atoms with Gasteiger partial charge in [0.05, 0.1) is 21.3 Å². The number of hydrogen-bond donors (Lipinski definition) is 0. The quantitative estimate of drug-likeness (QED) is 0.617. The average Bonchev–Trinajstić information content (AvgIpc) is 2.35. The van der Waals surface area contributed by atoms with Gasteiger partial charge < -0.3 is 14.2 Å². The minimum absolute atomic E-state index is 0.285. The molecule has 0 amide bonds. The molecular formula is C11H12BrClO4. The summed E-state index contributed by atoms with van der Waals surface area (Å²) in [6.45, 7) is 0. The summed E-state index contributed by atoms with van der Waals surface area (Å²) in [6, 6.07) is 3.20. The summed E-state index contributed by atoms with van der Waals surface area (Å²) < 4.78 is 14.5. The first kappa shape index (κ1) is 14.1. The Morgan fingerprint density at radius 3 is 1.94 bits per heavy atom. The number of halogens is 2. The zero-order chi connectivity index (χ0) is 13.0. The van der Waals surface area contributed by atoms with E-state index in [-0.39, 0.29) is 11.3 Å². The van der Waals surface area contributed by atoms with Crippen LogP contribution >= 0.6 is 27.5 Å². The Hall–Kier alpha value is -0.940. The topological polar surface area (TPSA) is 44.8 Å². The summed E-state index contributed by atoms with van der Waals surface area (Å²) in [6.07, 6.45) is 0. The lowest BCUT2D eigenvalue weighted by Gasteiger charge is -2.14. The molecule has 1 aromatic carbocycles. The average molecular weight is 324 g/mol. The molecule has 17 heavy (non-hydrogen) atoms. The maximum atomic E-state index is 11.9. The number of Topliss-reactive ketones (excluding diaryl/α,β-unsaturated/α-hetero) is 1. The number of hydrogen-bond acceptors (Lipinski definition) is 4. The Labute approximate surface area is 113 Å². The maximum Gasteiger partial charge on any atom is 0.198 e. The zero-order valence-corrected chi connectivity index (χ0v) is 12.0. The molecule has 0 fully saturated rings. The van der Waals surface area contributed by atoms with Gasteiger partial charge in [0.1, 0.15) is 22.8 Å². The normalized spacial score (nSPS) is 11.8. The van der Waals surface area contributed by atoms with Gasteiger partial charge in [0, 0.05) is 12.1 Å². The molecule has 0 radical (unpaired) electrons. The van der Waals surface area contributed by atoms with Crippen molar-refractivity contribution in [3.05, 3.63) is 17.7 Å². The number of alkyl halides is 2. The van der Waals surface area contributed by atoms with Gasteiger partial charge in [0.25, 0.3) is 0 Å². The van der Waals surface area contributed by atoms with Crippen LogP contribution in [0.5, 0.6) is 17.2 Å². The van der Waals surface area contributed by atoms with Crippen LogP contribution in [0.4, 0.5) is 0 Å². The number of ether oxygens (including phenoxy) is 3. The van der Waals surface area contributed by atoms with Crippen LogP contribution in [0.1, 0.15) is 10.4 Å². The lowest BCUT2D eigenvalue weighted by molar-refractivity contribution is 0.100. The summed E-state index contributed by atoms with van der Waals surface area (Å²) in [5.41, 5.74) is 0.285. The Balaban J connectivity index is 3.39. The number of carbonyl (C=O) groups is 1.